The summed E-state index contributed by atoms with van der Waals surface area (Å²) in [5.41, 5.74) is 2.25. The van der Waals surface area contributed by atoms with Crippen molar-refractivity contribution in [2.24, 2.45) is 0 Å². The van der Waals surface area contributed by atoms with Crippen LogP contribution in [0.5, 0.6) is 11.5 Å². The van der Waals surface area contributed by atoms with E-state index in [9.17, 15) is 4.79 Å². The van der Waals surface area contributed by atoms with Crippen LogP contribution in [-0.4, -0.2) is 34.8 Å². The fraction of sp³-hybridized carbons (Fsp3) is 0.250. The van der Waals surface area contributed by atoms with Crippen LogP contribution in [0.25, 0.3) is 0 Å². The van der Waals surface area contributed by atoms with Crippen molar-refractivity contribution in [3.63, 3.8) is 0 Å². The summed E-state index contributed by atoms with van der Waals surface area (Å²) >= 11 is 0. The summed E-state index contributed by atoms with van der Waals surface area (Å²) in [6.45, 7) is 3.14. The van der Waals surface area contributed by atoms with Crippen molar-refractivity contribution in [2.45, 2.75) is 20.0 Å². The Labute approximate surface area is 162 Å². The smallest absolute Gasteiger partial charge is 0.255 e. The summed E-state index contributed by atoms with van der Waals surface area (Å²) < 4.78 is 16.0. The third-order valence-corrected chi connectivity index (χ3v) is 4.25. The van der Waals surface area contributed by atoms with Gasteiger partial charge in [0.1, 0.15) is 0 Å². The lowest BCUT2D eigenvalue weighted by Gasteiger charge is -2.15. The van der Waals surface area contributed by atoms with E-state index in [0.29, 0.717) is 47.6 Å². The summed E-state index contributed by atoms with van der Waals surface area (Å²) in [7, 11) is 1.96. The number of hydrogen-bond donors (Lipinski definition) is 1. The molecular weight excluding hydrogens is 360 g/mol. The molecule has 0 bridgehead atoms. The molecule has 28 heavy (non-hydrogen) atoms. The van der Waals surface area contributed by atoms with Crippen molar-refractivity contribution in [1.82, 2.24) is 15.1 Å². The summed E-state index contributed by atoms with van der Waals surface area (Å²) in [5, 5.41) is 10.7. The van der Waals surface area contributed by atoms with Gasteiger partial charge in [-0.05, 0) is 36.9 Å². The normalized spacial score (nSPS) is 12.4. The maximum Gasteiger partial charge on any atom is 0.255 e. The van der Waals surface area contributed by atoms with Crippen molar-refractivity contribution >= 4 is 11.6 Å². The summed E-state index contributed by atoms with van der Waals surface area (Å²) in [6.07, 6.45) is 0. The van der Waals surface area contributed by atoms with E-state index in [-0.39, 0.29) is 12.7 Å². The molecule has 1 aliphatic heterocycles. The Morgan fingerprint density at radius 1 is 1.11 bits per heavy atom. The third-order valence-electron chi connectivity index (χ3n) is 4.25. The minimum Gasteiger partial charge on any atom is -0.454 e. The molecule has 0 spiro atoms. The van der Waals surface area contributed by atoms with Gasteiger partial charge in [0.25, 0.3) is 5.91 Å². The Morgan fingerprint density at radius 3 is 2.79 bits per heavy atom. The topological polar surface area (TPSA) is 89.7 Å². The van der Waals surface area contributed by atoms with Crippen LogP contribution in [0.2, 0.25) is 0 Å². The molecule has 1 aromatic heterocycles. The zero-order valence-electron chi connectivity index (χ0n) is 15.6. The highest BCUT2D eigenvalue weighted by Gasteiger charge is 2.15. The fourth-order valence-electron chi connectivity index (χ4n) is 2.99. The van der Waals surface area contributed by atoms with E-state index in [1.807, 2.05) is 30.1 Å². The number of fused-ring (bicyclic) bond motifs is 1. The van der Waals surface area contributed by atoms with Gasteiger partial charge in [-0.1, -0.05) is 12.1 Å². The van der Waals surface area contributed by atoms with Gasteiger partial charge in [0.05, 0.1) is 6.54 Å². The minimum atomic E-state index is -0.184. The first kappa shape index (κ1) is 18.0. The fourth-order valence-corrected chi connectivity index (χ4v) is 2.99. The van der Waals surface area contributed by atoms with E-state index in [4.69, 9.17) is 13.9 Å². The first-order valence-corrected chi connectivity index (χ1v) is 8.84. The molecule has 0 unspecified atom stereocenters. The van der Waals surface area contributed by atoms with Gasteiger partial charge >= 0.3 is 0 Å². The summed E-state index contributed by atoms with van der Waals surface area (Å²) in [4.78, 5) is 14.7. The standard InChI is InChI=1S/C20H20N4O4/c1-13-22-23-19(28-13)11-24(2)10-14-4-3-5-15(8-14)20(25)21-16-6-7-17-18(9-16)27-12-26-17/h3-9H,10-12H2,1-2H3,(H,21,25). The van der Waals surface area contributed by atoms with Crippen molar-refractivity contribution in [3.8, 4) is 11.5 Å². The first-order valence-electron chi connectivity index (χ1n) is 8.84. The Morgan fingerprint density at radius 2 is 1.96 bits per heavy atom. The second kappa shape index (κ2) is 7.69. The Bertz CT molecular complexity index is 1000. The highest BCUT2D eigenvalue weighted by molar-refractivity contribution is 6.04. The maximum atomic E-state index is 12.6. The van der Waals surface area contributed by atoms with Crippen LogP contribution in [-0.2, 0) is 13.1 Å². The number of rotatable bonds is 6. The molecule has 144 valence electrons. The maximum absolute atomic E-state index is 12.6. The van der Waals surface area contributed by atoms with Crippen LogP contribution in [0.1, 0.15) is 27.7 Å². The molecule has 1 N–H and O–H groups in total. The van der Waals surface area contributed by atoms with Gasteiger partial charge in [0.15, 0.2) is 11.5 Å². The van der Waals surface area contributed by atoms with E-state index in [1.165, 1.54) is 0 Å². The molecule has 2 heterocycles. The lowest BCUT2D eigenvalue weighted by Crippen LogP contribution is -2.18. The number of carbonyl (C=O) groups is 1. The van der Waals surface area contributed by atoms with Gasteiger partial charge < -0.3 is 19.2 Å². The third kappa shape index (κ3) is 4.12. The number of anilines is 1. The highest BCUT2D eigenvalue weighted by Crippen LogP contribution is 2.34. The molecule has 4 rings (SSSR count). The minimum absolute atomic E-state index is 0.184. The van der Waals surface area contributed by atoms with E-state index in [1.54, 1.807) is 31.2 Å². The van der Waals surface area contributed by atoms with Gasteiger partial charge in [-0.15, -0.1) is 10.2 Å². The van der Waals surface area contributed by atoms with E-state index in [2.05, 4.69) is 15.5 Å². The number of ether oxygens (including phenoxy) is 2. The van der Waals surface area contributed by atoms with Gasteiger partial charge in [-0.3, -0.25) is 9.69 Å². The predicted octanol–water partition coefficient (Wildman–Crippen LogP) is 2.99. The molecule has 3 aromatic rings. The lowest BCUT2D eigenvalue weighted by molar-refractivity contribution is 0.102. The molecule has 0 fully saturated rings. The van der Waals surface area contributed by atoms with Gasteiger partial charge in [-0.2, -0.15) is 0 Å². The summed E-state index contributed by atoms with van der Waals surface area (Å²) in [6, 6.07) is 12.8. The zero-order valence-corrected chi connectivity index (χ0v) is 15.6. The predicted molar refractivity (Wildman–Crippen MR) is 101 cm³/mol. The molecular formula is C20H20N4O4. The van der Waals surface area contributed by atoms with Gasteiger partial charge in [-0.25, -0.2) is 0 Å². The van der Waals surface area contributed by atoms with Gasteiger partial charge in [0, 0.05) is 30.8 Å². The molecule has 8 nitrogen and oxygen atoms in total. The lowest BCUT2D eigenvalue weighted by atomic mass is 10.1. The van der Waals surface area contributed by atoms with Crippen LogP contribution >= 0.6 is 0 Å². The summed E-state index contributed by atoms with van der Waals surface area (Å²) in [5.74, 6) is 2.24. The number of nitrogens with zero attached hydrogens (tertiary/aromatic N) is 3. The number of aromatic nitrogens is 2. The van der Waals surface area contributed by atoms with Crippen LogP contribution in [0.15, 0.2) is 46.9 Å². The van der Waals surface area contributed by atoms with Crippen LogP contribution in [0.4, 0.5) is 5.69 Å². The molecule has 0 aliphatic carbocycles. The largest absolute Gasteiger partial charge is 0.454 e. The quantitative estimate of drug-likeness (QED) is 0.703. The average molecular weight is 380 g/mol. The van der Waals surface area contributed by atoms with E-state index >= 15 is 0 Å². The highest BCUT2D eigenvalue weighted by atomic mass is 16.7. The van der Waals surface area contributed by atoms with Crippen molar-refractivity contribution in [3.05, 3.63) is 65.4 Å². The van der Waals surface area contributed by atoms with Crippen LogP contribution < -0.4 is 14.8 Å². The number of aryl methyl sites for hydroxylation is 1. The van der Waals surface area contributed by atoms with Crippen molar-refractivity contribution in [2.75, 3.05) is 19.2 Å². The molecule has 1 amide bonds. The molecule has 2 aromatic carbocycles. The van der Waals surface area contributed by atoms with Crippen LogP contribution in [0, 0.1) is 6.92 Å². The Balaban J connectivity index is 1.40. The second-order valence-electron chi connectivity index (χ2n) is 6.61. The molecule has 1 aliphatic rings. The molecule has 0 saturated carbocycles. The Kier molecular flexibility index (Phi) is 4.94. The Hall–Kier alpha value is -3.39. The van der Waals surface area contributed by atoms with E-state index < -0.39 is 0 Å². The number of benzene rings is 2. The van der Waals surface area contributed by atoms with Crippen molar-refractivity contribution in [1.29, 1.82) is 0 Å². The van der Waals surface area contributed by atoms with E-state index in [0.717, 1.165) is 5.56 Å². The SMILES string of the molecule is Cc1nnc(CN(C)Cc2cccc(C(=O)Nc3ccc4c(c3)OCO4)c2)o1. The molecule has 0 atom stereocenters. The molecule has 8 heteroatoms. The second-order valence-corrected chi connectivity index (χ2v) is 6.61. The average Bonchev–Trinajstić information content (AvgIpc) is 3.30. The number of carbonyl (C=O) groups excluding carboxylic acids is 1. The van der Waals surface area contributed by atoms with Crippen molar-refractivity contribution < 1.29 is 18.7 Å². The number of nitrogens with one attached hydrogen (secondary N) is 1. The molecule has 0 saturated heterocycles. The zero-order chi connectivity index (χ0) is 19.5. The molecule has 0 radical (unpaired) electrons. The van der Waals surface area contributed by atoms with Gasteiger partial charge in [0.2, 0.25) is 18.6 Å². The number of hydrogen-bond acceptors (Lipinski definition) is 7. The monoisotopic (exact) mass is 380 g/mol. The first-order chi connectivity index (χ1) is 13.6. The number of amides is 1. The van der Waals surface area contributed by atoms with Crippen LogP contribution in [0.3, 0.4) is 0 Å².